The van der Waals surface area contributed by atoms with Crippen LogP contribution in [0.5, 0.6) is 0 Å². The van der Waals surface area contributed by atoms with Crippen LogP contribution in [-0.4, -0.2) is 39.4 Å². The fourth-order valence-electron chi connectivity index (χ4n) is 3.97. The predicted molar refractivity (Wildman–Crippen MR) is 124 cm³/mol. The Balaban J connectivity index is 1.81. The zero-order valence-electron chi connectivity index (χ0n) is 18.4. The molecule has 3 aromatic carbocycles. The van der Waals surface area contributed by atoms with Gasteiger partial charge < -0.3 is 10.4 Å². The molecule has 5 nitrogen and oxygen atoms in total. The van der Waals surface area contributed by atoms with Gasteiger partial charge >= 0.3 is 5.92 Å². The van der Waals surface area contributed by atoms with Crippen LogP contribution in [0.3, 0.4) is 0 Å². The van der Waals surface area contributed by atoms with Crippen LogP contribution in [-0.2, 0) is 4.79 Å². The van der Waals surface area contributed by atoms with Gasteiger partial charge in [-0.3, -0.25) is 4.79 Å². The number of fused-ring (bicyclic) bond motifs is 1. The van der Waals surface area contributed by atoms with Gasteiger partial charge in [0.05, 0.1) is 30.0 Å². The van der Waals surface area contributed by atoms with E-state index in [2.05, 4.69) is 10.4 Å². The molecule has 35 heavy (non-hydrogen) atoms. The summed E-state index contributed by atoms with van der Waals surface area (Å²) >= 11 is 6.04. The molecule has 0 spiro atoms. The van der Waals surface area contributed by atoms with Crippen molar-refractivity contribution in [3.05, 3.63) is 94.6 Å². The number of rotatable bonds is 7. The van der Waals surface area contributed by atoms with E-state index >= 15 is 0 Å². The Morgan fingerprint density at radius 3 is 2.40 bits per heavy atom. The number of alkyl halides is 2. The maximum atomic E-state index is 14.2. The molecule has 0 aliphatic rings. The Hall–Kier alpha value is -3.43. The summed E-state index contributed by atoms with van der Waals surface area (Å²) in [6.45, 7) is -0.256. The number of aliphatic hydroxyl groups is 1. The number of aromatic nitrogens is 2. The van der Waals surface area contributed by atoms with Crippen molar-refractivity contribution in [2.24, 2.45) is 0 Å². The van der Waals surface area contributed by atoms with Crippen LogP contribution in [0.4, 0.5) is 17.6 Å². The molecular formula is C25H20ClF4N3O2. The summed E-state index contributed by atoms with van der Waals surface area (Å²) in [5.74, 6) is -7.23. The van der Waals surface area contributed by atoms with Gasteiger partial charge in [0.1, 0.15) is 11.6 Å². The molecule has 2 atom stereocenters. The second-order valence-corrected chi connectivity index (χ2v) is 8.62. The minimum absolute atomic E-state index is 0.0686. The summed E-state index contributed by atoms with van der Waals surface area (Å²) in [5, 5.41) is 17.2. The highest BCUT2D eigenvalue weighted by atomic mass is 35.5. The van der Waals surface area contributed by atoms with Gasteiger partial charge in [0.2, 0.25) is 0 Å². The number of aliphatic hydroxyl groups excluding tert-OH is 1. The predicted octanol–water partition coefficient (Wildman–Crippen LogP) is 5.22. The van der Waals surface area contributed by atoms with E-state index in [4.69, 9.17) is 11.6 Å². The molecule has 1 amide bonds. The number of halogens is 5. The lowest BCUT2D eigenvalue weighted by Crippen LogP contribution is -2.48. The van der Waals surface area contributed by atoms with Gasteiger partial charge in [-0.15, -0.1) is 0 Å². The molecule has 0 unspecified atom stereocenters. The average molecular weight is 506 g/mol. The molecule has 1 aromatic heterocycles. The number of nitrogens with one attached hydrogen (secondary N) is 1. The fraction of sp³-hybridized carbons (Fsp3) is 0.200. The number of hydrogen-bond acceptors (Lipinski definition) is 3. The van der Waals surface area contributed by atoms with Gasteiger partial charge in [-0.2, -0.15) is 13.9 Å². The van der Waals surface area contributed by atoms with Crippen LogP contribution in [0.25, 0.3) is 16.6 Å². The van der Waals surface area contributed by atoms with Gasteiger partial charge in [0, 0.05) is 23.3 Å². The molecule has 0 bridgehead atoms. The average Bonchev–Trinajstić information content (AvgIpc) is 3.21. The Labute approximate surface area is 202 Å². The molecule has 182 valence electrons. The highest BCUT2D eigenvalue weighted by Gasteiger charge is 2.36. The number of amides is 1. The van der Waals surface area contributed by atoms with Crippen LogP contribution < -0.4 is 5.32 Å². The lowest BCUT2D eigenvalue weighted by Gasteiger charge is -2.29. The maximum Gasteiger partial charge on any atom is 0.321 e. The summed E-state index contributed by atoms with van der Waals surface area (Å²) in [6, 6.07) is 13.3. The van der Waals surface area contributed by atoms with Crippen molar-refractivity contribution in [3.63, 3.8) is 0 Å². The molecule has 0 radical (unpaired) electrons. The molecule has 2 N–H and O–H groups in total. The first-order valence-corrected chi connectivity index (χ1v) is 10.9. The lowest BCUT2D eigenvalue weighted by molar-refractivity contribution is -0.144. The summed E-state index contributed by atoms with van der Waals surface area (Å²) in [5.41, 5.74) is 2.06. The van der Waals surface area contributed by atoms with E-state index in [-0.39, 0.29) is 16.4 Å². The third-order valence-electron chi connectivity index (χ3n) is 5.58. The second kappa shape index (κ2) is 9.67. The Morgan fingerprint density at radius 2 is 1.77 bits per heavy atom. The van der Waals surface area contributed by atoms with Crippen LogP contribution >= 0.6 is 11.6 Å². The molecule has 1 heterocycles. The Bertz CT molecular complexity index is 1350. The fourth-order valence-corrected chi connectivity index (χ4v) is 4.20. The number of hydrogen-bond donors (Lipinski definition) is 2. The number of carbonyl (C=O) groups excluding carboxylic acids is 1. The largest absolute Gasteiger partial charge is 0.394 e. The first-order valence-electron chi connectivity index (χ1n) is 10.6. The molecule has 4 aromatic rings. The van der Waals surface area contributed by atoms with Crippen molar-refractivity contribution < 1.29 is 27.5 Å². The zero-order chi connectivity index (χ0) is 25.3. The molecule has 0 aliphatic heterocycles. The molecular weight excluding hydrogens is 486 g/mol. The topological polar surface area (TPSA) is 67.2 Å². The monoisotopic (exact) mass is 505 g/mol. The van der Waals surface area contributed by atoms with Crippen molar-refractivity contribution in [2.75, 3.05) is 6.61 Å². The highest BCUT2D eigenvalue weighted by Crippen LogP contribution is 2.33. The van der Waals surface area contributed by atoms with Gasteiger partial charge in [-0.1, -0.05) is 17.7 Å². The van der Waals surface area contributed by atoms with Gasteiger partial charge in [0.15, 0.2) is 0 Å². The van der Waals surface area contributed by atoms with Crippen molar-refractivity contribution in [3.8, 4) is 5.69 Å². The van der Waals surface area contributed by atoms with E-state index in [0.717, 1.165) is 6.07 Å². The van der Waals surface area contributed by atoms with E-state index in [0.29, 0.717) is 29.1 Å². The Morgan fingerprint density at radius 1 is 1.06 bits per heavy atom. The van der Waals surface area contributed by atoms with Crippen molar-refractivity contribution in [1.82, 2.24) is 15.1 Å². The Kier molecular flexibility index (Phi) is 6.82. The second-order valence-electron chi connectivity index (χ2n) is 8.18. The smallest absolute Gasteiger partial charge is 0.321 e. The SMILES string of the molecule is CC(F)(F)C(=O)N[C@H](CO)[C@@H](c1cc(F)cc(Cl)c1)c1ccc2c(cnn2-c2ccc(F)cc2)c1. The van der Waals surface area contributed by atoms with Crippen molar-refractivity contribution in [2.45, 2.75) is 24.8 Å². The highest BCUT2D eigenvalue weighted by molar-refractivity contribution is 6.30. The first kappa shape index (κ1) is 24.7. The lowest BCUT2D eigenvalue weighted by atomic mass is 9.84. The molecule has 0 saturated heterocycles. The van der Waals surface area contributed by atoms with Crippen LogP contribution in [0, 0.1) is 11.6 Å². The molecule has 0 fully saturated rings. The third kappa shape index (κ3) is 5.31. The third-order valence-corrected chi connectivity index (χ3v) is 5.80. The van der Waals surface area contributed by atoms with Crippen LogP contribution in [0.15, 0.2) is 66.9 Å². The van der Waals surface area contributed by atoms with Crippen LogP contribution in [0.2, 0.25) is 5.02 Å². The van der Waals surface area contributed by atoms with E-state index in [9.17, 15) is 27.5 Å². The summed E-state index contributed by atoms with van der Waals surface area (Å²) < 4.78 is 56.3. The van der Waals surface area contributed by atoms with Crippen molar-refractivity contribution in [1.29, 1.82) is 0 Å². The normalized spacial score (nSPS) is 13.6. The molecule has 10 heteroatoms. The quantitative estimate of drug-likeness (QED) is 0.338. The minimum atomic E-state index is -3.68. The van der Waals surface area contributed by atoms with Gasteiger partial charge in [0.25, 0.3) is 5.91 Å². The standard InChI is InChI=1S/C25H20ClF4N3O2/c1-25(29,30)24(35)32-21(13-34)23(15-9-17(26)11-19(28)10-15)14-2-7-22-16(8-14)12-31-33(22)20-5-3-18(27)4-6-20/h2-12,21,23,34H,13H2,1H3,(H,32,35)/t21-,23-/m1/s1. The number of nitrogens with zero attached hydrogens (tertiary/aromatic N) is 2. The molecule has 0 saturated carbocycles. The zero-order valence-corrected chi connectivity index (χ0v) is 19.1. The van der Waals surface area contributed by atoms with Gasteiger partial charge in [-0.05, 0) is 65.7 Å². The first-order chi connectivity index (χ1) is 16.6. The van der Waals surface area contributed by atoms with E-state index in [1.807, 2.05) is 0 Å². The number of carbonyl (C=O) groups is 1. The van der Waals surface area contributed by atoms with Crippen molar-refractivity contribution >= 4 is 28.4 Å². The summed E-state index contributed by atoms with van der Waals surface area (Å²) in [4.78, 5) is 12.0. The summed E-state index contributed by atoms with van der Waals surface area (Å²) in [7, 11) is 0. The van der Waals surface area contributed by atoms with Crippen LogP contribution in [0.1, 0.15) is 24.0 Å². The maximum absolute atomic E-state index is 14.2. The minimum Gasteiger partial charge on any atom is -0.394 e. The van der Waals surface area contributed by atoms with E-state index in [1.165, 1.54) is 24.3 Å². The number of benzene rings is 3. The van der Waals surface area contributed by atoms with E-state index in [1.54, 1.807) is 41.2 Å². The molecule has 0 aliphatic carbocycles. The molecule has 4 rings (SSSR count). The van der Waals surface area contributed by atoms with E-state index < -0.39 is 36.2 Å². The summed E-state index contributed by atoms with van der Waals surface area (Å²) in [6.07, 6.45) is 1.56. The van der Waals surface area contributed by atoms with Gasteiger partial charge in [-0.25, -0.2) is 13.5 Å².